The van der Waals surface area contributed by atoms with Crippen LogP contribution in [0.25, 0.3) is 0 Å². The molecule has 0 saturated heterocycles. The fraction of sp³-hybridized carbons (Fsp3) is 0.250. The molecule has 0 bridgehead atoms. The molecule has 0 aliphatic carbocycles. The third kappa shape index (κ3) is 2.42. The van der Waals surface area contributed by atoms with Gasteiger partial charge in [-0.2, -0.15) is 0 Å². The molecule has 1 heterocycles. The van der Waals surface area contributed by atoms with Crippen LogP contribution in [0.4, 0.5) is 5.69 Å². The maximum Gasteiger partial charge on any atom is 0.350 e. The summed E-state index contributed by atoms with van der Waals surface area (Å²) < 4.78 is 0.981. The predicted octanol–water partition coefficient (Wildman–Crippen LogP) is -1.04. The Bertz CT molecular complexity index is 542. The minimum atomic E-state index is -1.02. The second-order valence-corrected chi connectivity index (χ2v) is 3.11. The molecule has 16 heavy (non-hydrogen) atoms. The Kier molecular flexibility index (Phi) is 3.36. The summed E-state index contributed by atoms with van der Waals surface area (Å²) in [6, 6.07) is 0. The van der Waals surface area contributed by atoms with Gasteiger partial charge in [-0.25, -0.2) is 4.79 Å². The number of nitro groups is 1. The first-order valence-corrected chi connectivity index (χ1v) is 4.30. The van der Waals surface area contributed by atoms with Crippen molar-refractivity contribution in [3.05, 3.63) is 49.3 Å². The van der Waals surface area contributed by atoms with Crippen LogP contribution in [0.2, 0.25) is 0 Å². The van der Waals surface area contributed by atoms with Gasteiger partial charge in [0.15, 0.2) is 0 Å². The highest BCUT2D eigenvalue weighted by Crippen LogP contribution is 2.00. The van der Waals surface area contributed by atoms with Crippen molar-refractivity contribution < 1.29 is 4.92 Å². The monoisotopic (exact) mass is 226 g/mol. The summed E-state index contributed by atoms with van der Waals surface area (Å²) in [5.41, 5.74) is 3.35. The number of nitrogens with one attached hydrogen (secondary N) is 1. The number of H-pyrrole nitrogens is 1. The summed E-state index contributed by atoms with van der Waals surface area (Å²) in [5.74, 6) is 0. The van der Waals surface area contributed by atoms with E-state index < -0.39 is 21.9 Å². The fourth-order valence-corrected chi connectivity index (χ4v) is 1.05. The zero-order chi connectivity index (χ0) is 12.3. The normalized spacial score (nSPS) is 10.1. The zero-order valence-electron chi connectivity index (χ0n) is 8.30. The van der Waals surface area contributed by atoms with E-state index in [0.717, 1.165) is 10.8 Å². The third-order valence-electron chi connectivity index (χ3n) is 1.87. The van der Waals surface area contributed by atoms with Gasteiger partial charge >= 0.3 is 16.9 Å². The van der Waals surface area contributed by atoms with Gasteiger partial charge in [0, 0.05) is 13.1 Å². The van der Waals surface area contributed by atoms with Gasteiger partial charge in [0.2, 0.25) is 0 Å². The molecule has 0 fully saturated rings. The van der Waals surface area contributed by atoms with Crippen molar-refractivity contribution in [3.63, 3.8) is 0 Å². The molecular formula is C8H10N4O4. The molecule has 0 saturated carbocycles. The number of aromatic nitrogens is 2. The number of hydrogen-bond donors (Lipinski definition) is 2. The quantitative estimate of drug-likeness (QED) is 0.385. The SMILES string of the molecule is C=C(CN)Cn1cc([N+](=O)[O-])c(=O)[nH]c1=O. The molecular weight excluding hydrogens is 216 g/mol. The molecule has 0 radical (unpaired) electrons. The van der Waals surface area contributed by atoms with Crippen LogP contribution in [0.1, 0.15) is 0 Å². The predicted molar refractivity (Wildman–Crippen MR) is 56.2 cm³/mol. The van der Waals surface area contributed by atoms with Crippen molar-refractivity contribution in [1.29, 1.82) is 0 Å². The number of aromatic amines is 1. The summed E-state index contributed by atoms with van der Waals surface area (Å²) in [7, 11) is 0. The topological polar surface area (TPSA) is 124 Å². The van der Waals surface area contributed by atoms with Crippen molar-refractivity contribution >= 4 is 5.69 Å². The van der Waals surface area contributed by atoms with E-state index in [1.807, 2.05) is 4.98 Å². The molecule has 8 nitrogen and oxygen atoms in total. The van der Waals surface area contributed by atoms with Gasteiger partial charge in [-0.05, 0) is 5.57 Å². The molecule has 1 aromatic rings. The maximum absolute atomic E-state index is 11.3. The summed E-state index contributed by atoms with van der Waals surface area (Å²) in [5, 5.41) is 10.5. The Morgan fingerprint density at radius 2 is 2.25 bits per heavy atom. The van der Waals surface area contributed by atoms with Gasteiger partial charge in [-0.1, -0.05) is 6.58 Å². The van der Waals surface area contributed by atoms with E-state index >= 15 is 0 Å². The van der Waals surface area contributed by atoms with Gasteiger partial charge < -0.3 is 5.73 Å². The lowest BCUT2D eigenvalue weighted by atomic mass is 10.3. The highest BCUT2D eigenvalue weighted by Gasteiger charge is 2.14. The Balaban J connectivity index is 3.25. The van der Waals surface area contributed by atoms with E-state index in [-0.39, 0.29) is 13.1 Å². The van der Waals surface area contributed by atoms with E-state index in [0.29, 0.717) is 5.57 Å². The van der Waals surface area contributed by atoms with Crippen LogP contribution in [-0.4, -0.2) is 21.0 Å². The minimum Gasteiger partial charge on any atom is -0.327 e. The maximum atomic E-state index is 11.3. The van der Waals surface area contributed by atoms with Crippen molar-refractivity contribution in [2.45, 2.75) is 6.54 Å². The first-order valence-electron chi connectivity index (χ1n) is 4.30. The van der Waals surface area contributed by atoms with E-state index in [1.165, 1.54) is 0 Å². The standard InChI is InChI=1S/C8H10N4O4/c1-5(2-9)3-11-4-6(12(15)16)7(13)10-8(11)14/h4H,1-3,9H2,(H,10,13,14). The number of hydrogen-bond acceptors (Lipinski definition) is 5. The summed E-state index contributed by atoms with van der Waals surface area (Å²) >= 11 is 0. The minimum absolute atomic E-state index is 0.0347. The van der Waals surface area contributed by atoms with Crippen molar-refractivity contribution in [1.82, 2.24) is 9.55 Å². The molecule has 0 aromatic carbocycles. The zero-order valence-corrected chi connectivity index (χ0v) is 8.30. The van der Waals surface area contributed by atoms with Crippen LogP contribution in [0, 0.1) is 10.1 Å². The Hall–Kier alpha value is -2.22. The van der Waals surface area contributed by atoms with E-state index in [9.17, 15) is 19.7 Å². The molecule has 0 spiro atoms. The van der Waals surface area contributed by atoms with Crippen LogP contribution < -0.4 is 17.0 Å². The van der Waals surface area contributed by atoms with Gasteiger partial charge in [0.1, 0.15) is 0 Å². The molecule has 8 heteroatoms. The lowest BCUT2D eigenvalue weighted by Gasteiger charge is -2.05. The van der Waals surface area contributed by atoms with E-state index in [2.05, 4.69) is 6.58 Å². The summed E-state index contributed by atoms with van der Waals surface area (Å²) in [6.45, 7) is 3.75. The fourth-order valence-electron chi connectivity index (χ4n) is 1.05. The third-order valence-corrected chi connectivity index (χ3v) is 1.87. The molecule has 0 aliphatic rings. The molecule has 3 N–H and O–H groups in total. The lowest BCUT2D eigenvalue weighted by molar-refractivity contribution is -0.386. The van der Waals surface area contributed by atoms with Gasteiger partial charge in [0.05, 0.1) is 11.1 Å². The van der Waals surface area contributed by atoms with Crippen molar-refractivity contribution in [3.8, 4) is 0 Å². The number of rotatable bonds is 4. The molecule has 0 amide bonds. The second kappa shape index (κ2) is 4.53. The largest absolute Gasteiger partial charge is 0.350 e. The van der Waals surface area contributed by atoms with Crippen molar-refractivity contribution in [2.75, 3.05) is 6.54 Å². The van der Waals surface area contributed by atoms with Crippen LogP contribution in [-0.2, 0) is 6.54 Å². The first kappa shape index (κ1) is 11.9. The van der Waals surface area contributed by atoms with E-state index in [4.69, 9.17) is 5.73 Å². The Morgan fingerprint density at radius 3 is 2.75 bits per heavy atom. The molecule has 1 rings (SSSR count). The Morgan fingerprint density at radius 1 is 1.62 bits per heavy atom. The van der Waals surface area contributed by atoms with Gasteiger partial charge in [-0.3, -0.25) is 24.5 Å². The van der Waals surface area contributed by atoms with Crippen LogP contribution in [0.15, 0.2) is 27.9 Å². The number of nitrogens with zero attached hydrogens (tertiary/aromatic N) is 2. The van der Waals surface area contributed by atoms with Gasteiger partial charge in [0.25, 0.3) is 0 Å². The lowest BCUT2D eigenvalue weighted by Crippen LogP contribution is -2.31. The average Bonchev–Trinajstić information content (AvgIpc) is 2.21. The van der Waals surface area contributed by atoms with E-state index in [1.54, 1.807) is 0 Å². The molecule has 0 atom stereocenters. The van der Waals surface area contributed by atoms with Gasteiger partial charge in [-0.15, -0.1) is 0 Å². The second-order valence-electron chi connectivity index (χ2n) is 3.11. The molecule has 86 valence electrons. The van der Waals surface area contributed by atoms with Crippen molar-refractivity contribution in [2.24, 2.45) is 5.73 Å². The highest BCUT2D eigenvalue weighted by atomic mass is 16.6. The van der Waals surface area contributed by atoms with Crippen LogP contribution in [0.3, 0.4) is 0 Å². The molecule has 0 unspecified atom stereocenters. The summed E-state index contributed by atoms with van der Waals surface area (Å²) in [6.07, 6.45) is 0.877. The molecule has 1 aromatic heterocycles. The summed E-state index contributed by atoms with van der Waals surface area (Å²) in [4.78, 5) is 33.7. The Labute approximate surface area is 89.2 Å². The van der Waals surface area contributed by atoms with Crippen LogP contribution in [0.5, 0.6) is 0 Å². The highest BCUT2D eigenvalue weighted by molar-refractivity contribution is 5.21. The smallest absolute Gasteiger partial charge is 0.327 e. The number of nitrogens with two attached hydrogens (primary N) is 1. The van der Waals surface area contributed by atoms with Crippen LogP contribution >= 0.6 is 0 Å². The molecule has 0 aliphatic heterocycles. The average molecular weight is 226 g/mol. The first-order chi connectivity index (χ1) is 7.45.